The molecule has 0 amide bonds. The van der Waals surface area contributed by atoms with Crippen molar-refractivity contribution in [3.63, 3.8) is 0 Å². The van der Waals surface area contributed by atoms with Gasteiger partial charge in [-0.15, -0.1) is 0 Å². The second-order valence-corrected chi connectivity index (χ2v) is 7.03. The van der Waals surface area contributed by atoms with E-state index in [1.807, 2.05) is 13.8 Å². The molecule has 102 valence electrons. The smallest absolute Gasteiger partial charge is 0.261 e. The maximum Gasteiger partial charge on any atom is 0.261 e. The second kappa shape index (κ2) is 6.55. The first-order valence-corrected chi connectivity index (χ1v) is 8.35. The second-order valence-electron chi connectivity index (χ2n) is 4.47. The molecule has 1 atom stereocenters. The van der Waals surface area contributed by atoms with Gasteiger partial charge in [0.2, 0.25) is 0 Å². The van der Waals surface area contributed by atoms with Crippen molar-refractivity contribution < 1.29 is 13.2 Å². The van der Waals surface area contributed by atoms with Gasteiger partial charge in [0.1, 0.15) is 0 Å². The standard InChI is InChI=1S/C13H19ClO3S/c1-4-5-13(17-10(2)3)11-6-8-12(9-7-11)18(14,15)16/h6-10,13H,4-5H2,1-3H3/t13-/m1/s1. The molecule has 5 heteroatoms. The number of hydrogen-bond donors (Lipinski definition) is 0. The van der Waals surface area contributed by atoms with Crippen molar-refractivity contribution in [2.45, 2.75) is 50.7 Å². The summed E-state index contributed by atoms with van der Waals surface area (Å²) in [6.07, 6.45) is 2.05. The molecule has 0 aromatic heterocycles. The molecule has 0 aliphatic carbocycles. The Bertz CT molecular complexity index is 466. The van der Waals surface area contributed by atoms with Gasteiger partial charge in [0, 0.05) is 10.7 Å². The molecule has 0 radical (unpaired) electrons. The highest BCUT2D eigenvalue weighted by Gasteiger charge is 2.15. The third-order valence-corrected chi connectivity index (χ3v) is 3.89. The molecule has 0 spiro atoms. The largest absolute Gasteiger partial charge is 0.371 e. The minimum absolute atomic E-state index is 0.00193. The van der Waals surface area contributed by atoms with E-state index in [4.69, 9.17) is 15.4 Å². The van der Waals surface area contributed by atoms with Gasteiger partial charge >= 0.3 is 0 Å². The summed E-state index contributed by atoms with van der Waals surface area (Å²) in [4.78, 5) is 0.118. The Hall–Kier alpha value is -0.580. The average Bonchev–Trinajstić information content (AvgIpc) is 2.27. The molecule has 18 heavy (non-hydrogen) atoms. The molecule has 0 saturated carbocycles. The zero-order chi connectivity index (χ0) is 13.8. The lowest BCUT2D eigenvalue weighted by atomic mass is 10.1. The Morgan fingerprint density at radius 2 is 1.78 bits per heavy atom. The molecular formula is C13H19ClO3S. The van der Waals surface area contributed by atoms with Crippen LogP contribution in [-0.4, -0.2) is 14.5 Å². The topological polar surface area (TPSA) is 43.4 Å². The van der Waals surface area contributed by atoms with Gasteiger partial charge in [0.15, 0.2) is 0 Å². The lowest BCUT2D eigenvalue weighted by Gasteiger charge is -2.20. The highest BCUT2D eigenvalue weighted by atomic mass is 35.7. The molecule has 0 saturated heterocycles. The van der Waals surface area contributed by atoms with E-state index in [0.29, 0.717) is 0 Å². The van der Waals surface area contributed by atoms with Crippen LogP contribution in [-0.2, 0) is 13.8 Å². The van der Waals surface area contributed by atoms with E-state index in [1.54, 1.807) is 12.1 Å². The molecule has 0 fully saturated rings. The summed E-state index contributed by atoms with van der Waals surface area (Å²) in [5, 5.41) is 0. The van der Waals surface area contributed by atoms with Gasteiger partial charge in [-0.25, -0.2) is 8.42 Å². The van der Waals surface area contributed by atoms with Gasteiger partial charge in [-0.2, -0.15) is 0 Å². The van der Waals surface area contributed by atoms with Crippen LogP contribution in [0.4, 0.5) is 0 Å². The van der Waals surface area contributed by atoms with E-state index in [1.165, 1.54) is 12.1 Å². The van der Waals surface area contributed by atoms with Gasteiger partial charge in [0.25, 0.3) is 9.05 Å². The summed E-state index contributed by atoms with van der Waals surface area (Å²) in [5.74, 6) is 0. The fourth-order valence-corrected chi connectivity index (χ4v) is 2.52. The predicted molar refractivity (Wildman–Crippen MR) is 73.4 cm³/mol. The zero-order valence-corrected chi connectivity index (χ0v) is 12.5. The van der Waals surface area contributed by atoms with E-state index >= 15 is 0 Å². The highest BCUT2D eigenvalue weighted by molar-refractivity contribution is 8.13. The average molecular weight is 291 g/mol. The van der Waals surface area contributed by atoms with Crippen LogP contribution in [0, 0.1) is 0 Å². The molecule has 1 aromatic carbocycles. The van der Waals surface area contributed by atoms with Crippen LogP contribution in [0.2, 0.25) is 0 Å². The Balaban J connectivity index is 2.93. The summed E-state index contributed by atoms with van der Waals surface area (Å²) in [7, 11) is 1.63. The SMILES string of the molecule is CCC[C@@H](OC(C)C)c1ccc(S(=O)(=O)Cl)cc1. The van der Waals surface area contributed by atoms with E-state index in [-0.39, 0.29) is 17.1 Å². The van der Waals surface area contributed by atoms with Crippen molar-refractivity contribution in [3.05, 3.63) is 29.8 Å². The lowest BCUT2D eigenvalue weighted by Crippen LogP contribution is -2.10. The quantitative estimate of drug-likeness (QED) is 0.747. The highest BCUT2D eigenvalue weighted by Crippen LogP contribution is 2.26. The number of hydrogen-bond acceptors (Lipinski definition) is 3. The van der Waals surface area contributed by atoms with Crippen molar-refractivity contribution in [1.82, 2.24) is 0 Å². The van der Waals surface area contributed by atoms with E-state index in [9.17, 15) is 8.42 Å². The van der Waals surface area contributed by atoms with Crippen LogP contribution < -0.4 is 0 Å². The third-order valence-electron chi connectivity index (χ3n) is 2.52. The number of rotatable bonds is 6. The summed E-state index contributed by atoms with van der Waals surface area (Å²) in [6, 6.07) is 6.56. The van der Waals surface area contributed by atoms with Crippen LogP contribution in [0.1, 0.15) is 45.3 Å². The molecule has 1 rings (SSSR count). The molecule has 0 heterocycles. The minimum Gasteiger partial charge on any atom is -0.371 e. The molecule has 0 aliphatic heterocycles. The lowest BCUT2D eigenvalue weighted by molar-refractivity contribution is 0.00132. The fourth-order valence-electron chi connectivity index (χ4n) is 1.75. The maximum atomic E-state index is 11.2. The number of benzene rings is 1. The summed E-state index contributed by atoms with van der Waals surface area (Å²) < 4.78 is 28.1. The van der Waals surface area contributed by atoms with Gasteiger partial charge in [-0.3, -0.25) is 0 Å². The molecular weight excluding hydrogens is 272 g/mol. The maximum absolute atomic E-state index is 11.2. The van der Waals surface area contributed by atoms with Gasteiger partial charge < -0.3 is 4.74 Å². The third kappa shape index (κ3) is 4.59. The predicted octanol–water partition coefficient (Wildman–Crippen LogP) is 3.88. The molecule has 0 bridgehead atoms. The minimum atomic E-state index is -3.65. The van der Waals surface area contributed by atoms with Crippen LogP contribution in [0.25, 0.3) is 0 Å². The number of halogens is 1. The van der Waals surface area contributed by atoms with Gasteiger partial charge in [-0.1, -0.05) is 25.5 Å². The van der Waals surface area contributed by atoms with Crippen LogP contribution in [0.3, 0.4) is 0 Å². The van der Waals surface area contributed by atoms with E-state index in [2.05, 4.69) is 6.92 Å². The Morgan fingerprint density at radius 3 is 2.17 bits per heavy atom. The molecule has 0 N–H and O–H groups in total. The normalized spacial score (nSPS) is 13.8. The van der Waals surface area contributed by atoms with Crippen molar-refractivity contribution >= 4 is 19.7 Å². The van der Waals surface area contributed by atoms with Crippen molar-refractivity contribution in [2.75, 3.05) is 0 Å². The van der Waals surface area contributed by atoms with E-state index in [0.717, 1.165) is 18.4 Å². The fraction of sp³-hybridized carbons (Fsp3) is 0.538. The van der Waals surface area contributed by atoms with Crippen LogP contribution in [0.5, 0.6) is 0 Å². The van der Waals surface area contributed by atoms with Crippen molar-refractivity contribution in [2.24, 2.45) is 0 Å². The molecule has 1 aromatic rings. The number of ether oxygens (including phenoxy) is 1. The molecule has 0 aliphatic rings. The van der Waals surface area contributed by atoms with Crippen LogP contribution in [0.15, 0.2) is 29.2 Å². The summed E-state index contributed by atoms with van der Waals surface area (Å²) in [5.41, 5.74) is 0.981. The zero-order valence-electron chi connectivity index (χ0n) is 10.9. The monoisotopic (exact) mass is 290 g/mol. The Morgan fingerprint density at radius 1 is 1.22 bits per heavy atom. The van der Waals surface area contributed by atoms with E-state index < -0.39 is 9.05 Å². The molecule has 3 nitrogen and oxygen atoms in total. The summed E-state index contributed by atoms with van der Waals surface area (Å²) in [6.45, 7) is 6.06. The van der Waals surface area contributed by atoms with Crippen molar-refractivity contribution in [3.8, 4) is 0 Å². The summed E-state index contributed by atoms with van der Waals surface area (Å²) >= 11 is 0. The van der Waals surface area contributed by atoms with Gasteiger partial charge in [0.05, 0.1) is 17.1 Å². The Kier molecular flexibility index (Phi) is 5.63. The van der Waals surface area contributed by atoms with Crippen LogP contribution >= 0.6 is 10.7 Å². The molecule has 0 unspecified atom stereocenters. The first-order chi connectivity index (χ1) is 8.34. The Labute approximate surface area is 114 Å². The first kappa shape index (κ1) is 15.5. The first-order valence-electron chi connectivity index (χ1n) is 6.04. The van der Waals surface area contributed by atoms with Gasteiger partial charge in [-0.05, 0) is 38.0 Å². The van der Waals surface area contributed by atoms with Crippen molar-refractivity contribution in [1.29, 1.82) is 0 Å².